The Morgan fingerprint density at radius 3 is 1.79 bits per heavy atom. The lowest BCUT2D eigenvalue weighted by molar-refractivity contribution is -0.138. The van der Waals surface area contributed by atoms with E-state index in [-0.39, 0.29) is 17.1 Å². The van der Waals surface area contributed by atoms with Crippen molar-refractivity contribution < 1.29 is 33.3 Å². The van der Waals surface area contributed by atoms with E-state index >= 15 is 0 Å². The van der Waals surface area contributed by atoms with Crippen molar-refractivity contribution in [3.8, 4) is 11.5 Å². The van der Waals surface area contributed by atoms with Crippen LogP contribution in [0.4, 0.5) is 13.2 Å². The molecule has 3 N–H and O–H groups in total. The minimum atomic E-state index is -4.69. The van der Waals surface area contributed by atoms with Crippen molar-refractivity contribution >= 4 is 23.2 Å². The van der Waals surface area contributed by atoms with Gasteiger partial charge in [0.25, 0.3) is 0 Å². The highest BCUT2D eigenvalue weighted by molar-refractivity contribution is 5.99. The Morgan fingerprint density at radius 1 is 0.853 bits per heavy atom. The summed E-state index contributed by atoms with van der Waals surface area (Å²) >= 11 is 0. The van der Waals surface area contributed by atoms with E-state index in [4.69, 9.17) is 5.11 Å². The summed E-state index contributed by atoms with van der Waals surface area (Å²) in [5.74, 6) is -1.23. The van der Waals surface area contributed by atoms with E-state index < -0.39 is 17.7 Å². The third kappa shape index (κ3) is 5.86. The van der Waals surface area contributed by atoms with Gasteiger partial charge in [0, 0.05) is 6.08 Å². The highest BCUT2D eigenvalue weighted by Crippen LogP contribution is 2.40. The second-order valence-electron chi connectivity index (χ2n) is 7.67. The van der Waals surface area contributed by atoms with E-state index in [1.54, 1.807) is 30.3 Å². The number of carboxylic acid groups (broad SMARTS) is 1. The number of hydrogen-bond acceptors (Lipinski definition) is 3. The Hall–Kier alpha value is -4.00. The number of hydrogen-bond donors (Lipinski definition) is 3. The monoisotopic (exact) mass is 468 g/mol. The van der Waals surface area contributed by atoms with Crippen LogP contribution in [0.2, 0.25) is 0 Å². The topological polar surface area (TPSA) is 77.8 Å². The molecule has 34 heavy (non-hydrogen) atoms. The van der Waals surface area contributed by atoms with Crippen LogP contribution in [0.5, 0.6) is 11.5 Å². The first-order valence-corrected chi connectivity index (χ1v) is 10.5. The maximum atomic E-state index is 13.9. The van der Waals surface area contributed by atoms with Crippen LogP contribution in [-0.4, -0.2) is 21.3 Å². The van der Waals surface area contributed by atoms with Crippen LogP contribution in [-0.2, 0) is 11.0 Å². The van der Waals surface area contributed by atoms with Gasteiger partial charge in [0.15, 0.2) is 0 Å². The molecule has 4 nitrogen and oxygen atoms in total. The van der Waals surface area contributed by atoms with Crippen LogP contribution < -0.4 is 0 Å². The van der Waals surface area contributed by atoms with Crippen molar-refractivity contribution in [2.75, 3.05) is 0 Å². The minimum Gasteiger partial charge on any atom is -0.508 e. The maximum absolute atomic E-state index is 13.9. The van der Waals surface area contributed by atoms with Gasteiger partial charge in [-0.05, 0) is 76.2 Å². The van der Waals surface area contributed by atoms with E-state index in [0.29, 0.717) is 46.8 Å². The average Bonchev–Trinajstić information content (AvgIpc) is 2.79. The van der Waals surface area contributed by atoms with Crippen LogP contribution in [0.1, 0.15) is 47.6 Å². The third-order valence-electron chi connectivity index (χ3n) is 5.23. The van der Waals surface area contributed by atoms with Gasteiger partial charge < -0.3 is 15.3 Å². The molecule has 0 aliphatic rings. The SMILES string of the molecule is CCCC(=C(c1ccc(O)cc1)c1ccc(O)cc1)c1ccc(/C=C/C(=O)O)c(C(F)(F)F)c1. The zero-order valence-electron chi connectivity index (χ0n) is 18.3. The molecule has 0 unspecified atom stereocenters. The number of rotatable bonds is 7. The second-order valence-corrected chi connectivity index (χ2v) is 7.67. The van der Waals surface area contributed by atoms with Crippen LogP contribution in [0.3, 0.4) is 0 Å². The van der Waals surface area contributed by atoms with E-state index in [1.807, 2.05) is 6.92 Å². The highest BCUT2D eigenvalue weighted by atomic mass is 19.4. The van der Waals surface area contributed by atoms with Gasteiger partial charge in [-0.3, -0.25) is 0 Å². The van der Waals surface area contributed by atoms with Gasteiger partial charge in [-0.15, -0.1) is 0 Å². The fourth-order valence-electron chi connectivity index (χ4n) is 3.73. The van der Waals surface area contributed by atoms with Gasteiger partial charge in [0.1, 0.15) is 11.5 Å². The van der Waals surface area contributed by atoms with Crippen molar-refractivity contribution in [2.24, 2.45) is 0 Å². The molecule has 3 aromatic rings. The van der Waals surface area contributed by atoms with Crippen molar-refractivity contribution in [1.29, 1.82) is 0 Å². The molecule has 0 saturated carbocycles. The van der Waals surface area contributed by atoms with Gasteiger partial charge >= 0.3 is 12.1 Å². The standard InChI is InChI=1S/C27H23F3O4/c1-2-3-23(20-5-4-17(10-15-25(33)34)24(16-20)27(28,29)30)26(18-6-11-21(31)12-7-18)19-8-13-22(32)14-9-19/h4-16,31-32H,2-3H2,1H3,(H,33,34)/b15-10+. The first-order valence-electron chi connectivity index (χ1n) is 10.5. The third-order valence-corrected chi connectivity index (χ3v) is 5.23. The average molecular weight is 468 g/mol. The van der Waals surface area contributed by atoms with Crippen molar-refractivity contribution in [3.05, 3.63) is 101 Å². The highest BCUT2D eigenvalue weighted by Gasteiger charge is 2.33. The predicted octanol–water partition coefficient (Wildman–Crippen LogP) is 6.97. The molecule has 7 heteroatoms. The minimum absolute atomic E-state index is 0.0553. The molecule has 0 aliphatic carbocycles. The molecule has 0 aliphatic heterocycles. The Labute approximate surface area is 194 Å². The number of aliphatic carboxylic acids is 1. The summed E-state index contributed by atoms with van der Waals surface area (Å²) in [6.07, 6.45) is -1.98. The number of carboxylic acids is 1. The predicted molar refractivity (Wildman–Crippen MR) is 125 cm³/mol. The lowest BCUT2D eigenvalue weighted by Crippen LogP contribution is -2.09. The van der Waals surface area contributed by atoms with E-state index in [9.17, 15) is 28.2 Å². The normalized spacial score (nSPS) is 11.5. The number of aromatic hydroxyl groups is 2. The fraction of sp³-hybridized carbons (Fsp3) is 0.148. The Kier molecular flexibility index (Phi) is 7.46. The largest absolute Gasteiger partial charge is 0.508 e. The molecule has 0 bridgehead atoms. The molecular formula is C27H23F3O4. The van der Waals surface area contributed by atoms with Gasteiger partial charge in [-0.25, -0.2) is 4.79 Å². The summed E-state index contributed by atoms with van der Waals surface area (Å²) in [6, 6.07) is 16.6. The number of benzene rings is 3. The summed E-state index contributed by atoms with van der Waals surface area (Å²) in [7, 11) is 0. The van der Waals surface area contributed by atoms with Crippen molar-refractivity contribution in [1.82, 2.24) is 0 Å². The molecule has 0 atom stereocenters. The fourth-order valence-corrected chi connectivity index (χ4v) is 3.73. The molecule has 3 aromatic carbocycles. The molecule has 0 heterocycles. The van der Waals surface area contributed by atoms with Crippen LogP contribution >= 0.6 is 0 Å². The van der Waals surface area contributed by atoms with Crippen LogP contribution in [0.25, 0.3) is 17.2 Å². The van der Waals surface area contributed by atoms with Crippen molar-refractivity contribution in [3.63, 3.8) is 0 Å². The summed E-state index contributed by atoms with van der Waals surface area (Å²) in [5, 5.41) is 28.3. The molecule has 0 amide bonds. The molecule has 0 saturated heterocycles. The zero-order valence-corrected chi connectivity index (χ0v) is 18.3. The number of halogens is 3. The Balaban J connectivity index is 2.32. The second kappa shape index (κ2) is 10.3. The maximum Gasteiger partial charge on any atom is 0.417 e. The first-order chi connectivity index (χ1) is 16.1. The summed E-state index contributed by atoms with van der Waals surface area (Å²) < 4.78 is 41.7. The summed E-state index contributed by atoms with van der Waals surface area (Å²) in [6.45, 7) is 1.92. The molecule has 0 aromatic heterocycles. The van der Waals surface area contributed by atoms with E-state index in [1.165, 1.54) is 30.3 Å². The summed E-state index contributed by atoms with van der Waals surface area (Å²) in [4.78, 5) is 10.8. The van der Waals surface area contributed by atoms with Crippen LogP contribution in [0.15, 0.2) is 72.8 Å². The lowest BCUT2D eigenvalue weighted by Gasteiger charge is -2.19. The summed E-state index contributed by atoms with van der Waals surface area (Å²) in [5.41, 5.74) is 1.86. The van der Waals surface area contributed by atoms with Crippen molar-refractivity contribution in [2.45, 2.75) is 25.9 Å². The molecule has 3 rings (SSSR count). The van der Waals surface area contributed by atoms with Crippen LogP contribution in [0, 0.1) is 0 Å². The molecule has 0 radical (unpaired) electrons. The number of alkyl halides is 3. The zero-order chi connectivity index (χ0) is 24.9. The number of allylic oxidation sites excluding steroid dienone is 1. The molecular weight excluding hydrogens is 445 g/mol. The van der Waals surface area contributed by atoms with Gasteiger partial charge in [0.05, 0.1) is 5.56 Å². The Morgan fingerprint density at radius 2 is 1.35 bits per heavy atom. The molecule has 0 spiro atoms. The Bertz CT molecular complexity index is 1170. The number of phenolic OH excluding ortho intramolecular Hbond substituents is 2. The number of carbonyl (C=O) groups is 1. The quantitative estimate of drug-likeness (QED) is 0.258. The van der Waals surface area contributed by atoms with Gasteiger partial charge in [0.2, 0.25) is 0 Å². The van der Waals surface area contributed by atoms with Gasteiger partial charge in [-0.1, -0.05) is 49.7 Å². The smallest absolute Gasteiger partial charge is 0.417 e. The molecule has 176 valence electrons. The lowest BCUT2D eigenvalue weighted by atomic mass is 9.86. The first kappa shape index (κ1) is 24.6. The van der Waals surface area contributed by atoms with E-state index in [2.05, 4.69) is 0 Å². The number of phenols is 2. The molecule has 0 fully saturated rings. The van der Waals surface area contributed by atoms with Gasteiger partial charge in [-0.2, -0.15) is 13.2 Å². The van der Waals surface area contributed by atoms with E-state index in [0.717, 1.165) is 12.1 Å².